The van der Waals surface area contributed by atoms with Crippen LogP contribution in [0.25, 0.3) is 17.2 Å². The first-order valence-electron chi connectivity index (χ1n) is 11.0. The van der Waals surface area contributed by atoms with Crippen LogP contribution >= 0.6 is 0 Å². The molecule has 0 heteroatoms. The first-order valence-corrected chi connectivity index (χ1v) is 11.0. The Labute approximate surface area is 173 Å². The Morgan fingerprint density at radius 1 is 0.750 bits per heavy atom. The van der Waals surface area contributed by atoms with Gasteiger partial charge in [0.05, 0.1) is 0 Å². The van der Waals surface area contributed by atoms with Gasteiger partial charge in [-0.1, -0.05) is 104 Å². The topological polar surface area (TPSA) is 0 Å². The van der Waals surface area contributed by atoms with Gasteiger partial charge in [0.25, 0.3) is 0 Å². The molecule has 0 amide bonds. The zero-order chi connectivity index (χ0) is 20.8. The molecule has 0 N–H and O–H groups in total. The third-order valence-corrected chi connectivity index (χ3v) is 6.21. The van der Waals surface area contributed by atoms with Gasteiger partial charge in [-0.15, -0.1) is 0 Å². The molecule has 3 rings (SSSR count). The standard InChI is InChI=1S/C28H38/c1-17(2)21-13-22(18(3)4)15-24(14-21)27-25-16-23(19(5)6)12-20(25)10-11-26(27)28(7,8)9/h10-11,13-19H,12H2,1-9H3. The van der Waals surface area contributed by atoms with Crippen molar-refractivity contribution in [2.24, 2.45) is 5.92 Å². The van der Waals surface area contributed by atoms with E-state index in [9.17, 15) is 0 Å². The number of hydrogen-bond acceptors (Lipinski definition) is 0. The van der Waals surface area contributed by atoms with Gasteiger partial charge in [0.2, 0.25) is 0 Å². The fourth-order valence-corrected chi connectivity index (χ4v) is 4.23. The molecule has 0 heterocycles. The van der Waals surface area contributed by atoms with Crippen LogP contribution in [0.1, 0.15) is 102 Å². The molecule has 0 aliphatic heterocycles. The number of benzene rings is 2. The maximum atomic E-state index is 2.49. The molecule has 0 fully saturated rings. The summed E-state index contributed by atoms with van der Waals surface area (Å²) in [6.45, 7) is 20.9. The molecule has 0 saturated carbocycles. The van der Waals surface area contributed by atoms with E-state index >= 15 is 0 Å². The van der Waals surface area contributed by atoms with E-state index in [1.807, 2.05) is 0 Å². The summed E-state index contributed by atoms with van der Waals surface area (Å²) in [6, 6.07) is 12.1. The lowest BCUT2D eigenvalue weighted by Gasteiger charge is -2.26. The number of fused-ring (bicyclic) bond motifs is 1. The summed E-state index contributed by atoms with van der Waals surface area (Å²) in [6.07, 6.45) is 3.59. The summed E-state index contributed by atoms with van der Waals surface area (Å²) in [7, 11) is 0. The highest BCUT2D eigenvalue weighted by atomic mass is 14.3. The van der Waals surface area contributed by atoms with Crippen LogP contribution in [0.5, 0.6) is 0 Å². The van der Waals surface area contributed by atoms with Gasteiger partial charge in [0, 0.05) is 0 Å². The monoisotopic (exact) mass is 374 g/mol. The van der Waals surface area contributed by atoms with E-state index in [0.717, 1.165) is 6.42 Å². The minimum atomic E-state index is 0.116. The third-order valence-electron chi connectivity index (χ3n) is 6.21. The van der Waals surface area contributed by atoms with Crippen molar-refractivity contribution >= 4 is 6.08 Å². The van der Waals surface area contributed by atoms with E-state index in [-0.39, 0.29) is 5.41 Å². The van der Waals surface area contributed by atoms with Crippen molar-refractivity contribution in [3.05, 3.63) is 63.7 Å². The van der Waals surface area contributed by atoms with Crippen molar-refractivity contribution in [1.82, 2.24) is 0 Å². The average molecular weight is 375 g/mol. The number of allylic oxidation sites excluding steroid dienone is 1. The molecule has 1 aliphatic rings. The van der Waals surface area contributed by atoms with Gasteiger partial charge in [0.1, 0.15) is 0 Å². The Morgan fingerprint density at radius 3 is 1.79 bits per heavy atom. The Kier molecular flexibility index (Phi) is 5.63. The molecule has 2 aromatic rings. The molecule has 0 radical (unpaired) electrons. The molecule has 0 spiro atoms. The molecular weight excluding hydrogens is 336 g/mol. The third kappa shape index (κ3) is 3.97. The van der Waals surface area contributed by atoms with Crippen LogP contribution in [0, 0.1) is 5.92 Å². The lowest BCUT2D eigenvalue weighted by Crippen LogP contribution is -2.14. The van der Waals surface area contributed by atoms with Crippen molar-refractivity contribution in [3.8, 4) is 11.1 Å². The molecule has 1 aliphatic carbocycles. The smallest absolute Gasteiger partial charge is 0.00550 e. The van der Waals surface area contributed by atoms with Gasteiger partial charge >= 0.3 is 0 Å². The largest absolute Gasteiger partial charge is 0.0626 e. The Balaban J connectivity index is 2.34. The van der Waals surface area contributed by atoms with Gasteiger partial charge in [-0.3, -0.25) is 0 Å². The molecule has 150 valence electrons. The second-order valence-electron chi connectivity index (χ2n) is 10.6. The zero-order valence-corrected chi connectivity index (χ0v) is 19.4. The highest BCUT2D eigenvalue weighted by Gasteiger charge is 2.26. The van der Waals surface area contributed by atoms with Crippen LogP contribution in [-0.4, -0.2) is 0 Å². The second kappa shape index (κ2) is 7.54. The summed E-state index contributed by atoms with van der Waals surface area (Å²) < 4.78 is 0. The highest BCUT2D eigenvalue weighted by molar-refractivity contribution is 5.84. The Bertz CT molecular complexity index is 872. The van der Waals surface area contributed by atoms with Crippen LogP contribution in [0.15, 0.2) is 35.9 Å². The summed E-state index contributed by atoms with van der Waals surface area (Å²) in [4.78, 5) is 0. The van der Waals surface area contributed by atoms with Crippen LogP contribution < -0.4 is 0 Å². The SMILES string of the molecule is CC(C)C1=Cc2c(ccc(C(C)(C)C)c2-c2cc(C(C)C)cc(C(C)C)c2)C1. The summed E-state index contributed by atoms with van der Waals surface area (Å²) in [5.41, 5.74) is 11.9. The van der Waals surface area contributed by atoms with Crippen LogP contribution in [0.3, 0.4) is 0 Å². The first-order chi connectivity index (χ1) is 13.0. The minimum Gasteiger partial charge on any atom is -0.0626 e. The summed E-state index contributed by atoms with van der Waals surface area (Å²) >= 11 is 0. The lowest BCUT2D eigenvalue weighted by molar-refractivity contribution is 0.591. The van der Waals surface area contributed by atoms with E-state index in [1.165, 1.54) is 38.9 Å². The second-order valence-corrected chi connectivity index (χ2v) is 10.6. The van der Waals surface area contributed by atoms with E-state index < -0.39 is 0 Å². The van der Waals surface area contributed by atoms with Crippen LogP contribution in [0.2, 0.25) is 0 Å². The molecule has 0 atom stereocenters. The summed E-state index contributed by atoms with van der Waals surface area (Å²) in [5.74, 6) is 1.68. The molecule has 0 unspecified atom stereocenters. The molecule has 28 heavy (non-hydrogen) atoms. The van der Waals surface area contributed by atoms with Gasteiger partial charge < -0.3 is 0 Å². The average Bonchev–Trinajstić information content (AvgIpc) is 3.04. The minimum absolute atomic E-state index is 0.116. The Hall–Kier alpha value is -1.82. The zero-order valence-electron chi connectivity index (χ0n) is 19.4. The molecule has 0 aromatic heterocycles. The van der Waals surface area contributed by atoms with Crippen LogP contribution in [-0.2, 0) is 11.8 Å². The Morgan fingerprint density at radius 2 is 1.32 bits per heavy atom. The number of rotatable bonds is 4. The van der Waals surface area contributed by atoms with Gasteiger partial charge in [-0.05, 0) is 68.5 Å². The lowest BCUT2D eigenvalue weighted by atomic mass is 9.78. The van der Waals surface area contributed by atoms with Crippen molar-refractivity contribution in [2.45, 2.75) is 86.0 Å². The van der Waals surface area contributed by atoms with Gasteiger partial charge in [-0.2, -0.15) is 0 Å². The molecule has 0 bridgehead atoms. The maximum absolute atomic E-state index is 2.49. The quantitative estimate of drug-likeness (QED) is 0.503. The molecule has 2 aromatic carbocycles. The van der Waals surface area contributed by atoms with E-state index in [4.69, 9.17) is 0 Å². The van der Waals surface area contributed by atoms with E-state index in [2.05, 4.69) is 98.7 Å². The molecular formula is C28H38. The van der Waals surface area contributed by atoms with Crippen molar-refractivity contribution in [1.29, 1.82) is 0 Å². The van der Waals surface area contributed by atoms with Crippen molar-refractivity contribution < 1.29 is 0 Å². The van der Waals surface area contributed by atoms with Crippen molar-refractivity contribution in [2.75, 3.05) is 0 Å². The fraction of sp³-hybridized carbons (Fsp3) is 0.500. The van der Waals surface area contributed by atoms with Crippen LogP contribution in [0.4, 0.5) is 0 Å². The van der Waals surface area contributed by atoms with Crippen molar-refractivity contribution in [3.63, 3.8) is 0 Å². The van der Waals surface area contributed by atoms with Gasteiger partial charge in [0.15, 0.2) is 0 Å². The normalized spacial score (nSPS) is 14.2. The first kappa shape index (κ1) is 20.9. The highest BCUT2D eigenvalue weighted by Crippen LogP contribution is 2.43. The maximum Gasteiger partial charge on any atom is -0.00550 e. The van der Waals surface area contributed by atoms with E-state index in [0.29, 0.717) is 17.8 Å². The summed E-state index contributed by atoms with van der Waals surface area (Å²) in [5, 5.41) is 0. The predicted molar refractivity (Wildman–Crippen MR) is 125 cm³/mol. The molecule has 0 saturated heterocycles. The van der Waals surface area contributed by atoms with Gasteiger partial charge in [-0.25, -0.2) is 0 Å². The van der Waals surface area contributed by atoms with E-state index in [1.54, 1.807) is 5.57 Å². The fourth-order valence-electron chi connectivity index (χ4n) is 4.23. The number of hydrogen-bond donors (Lipinski definition) is 0. The molecule has 0 nitrogen and oxygen atoms in total. The predicted octanol–water partition coefficient (Wildman–Crippen LogP) is 8.49.